The van der Waals surface area contributed by atoms with Gasteiger partial charge >= 0.3 is 6.01 Å². The Morgan fingerprint density at radius 3 is 2.94 bits per heavy atom. The van der Waals surface area contributed by atoms with Gasteiger partial charge in [0.1, 0.15) is 5.75 Å². The third-order valence-corrected chi connectivity index (χ3v) is 2.93. The van der Waals surface area contributed by atoms with E-state index in [9.17, 15) is 0 Å². The van der Waals surface area contributed by atoms with Crippen LogP contribution in [0.4, 0.5) is 6.01 Å². The topological polar surface area (TPSA) is 60.2 Å². The fourth-order valence-electron chi connectivity index (χ4n) is 1.78. The van der Waals surface area contributed by atoms with Gasteiger partial charge in [-0.15, -0.1) is 0 Å². The van der Waals surface area contributed by atoms with E-state index in [-0.39, 0.29) is 0 Å². The van der Waals surface area contributed by atoms with Crippen LogP contribution in [0.5, 0.6) is 5.75 Å². The molecule has 2 aromatic rings. The molecule has 1 fully saturated rings. The van der Waals surface area contributed by atoms with Crippen molar-refractivity contribution in [2.45, 2.75) is 25.8 Å². The first kappa shape index (κ1) is 11.1. The maximum atomic E-state index is 5.34. The summed E-state index contributed by atoms with van der Waals surface area (Å²) >= 11 is 0. The Kier molecular flexibility index (Phi) is 2.66. The van der Waals surface area contributed by atoms with Crippen molar-refractivity contribution in [3.63, 3.8) is 0 Å². The Morgan fingerprint density at radius 2 is 2.22 bits per heavy atom. The van der Waals surface area contributed by atoms with Crippen LogP contribution in [0.25, 0.3) is 11.4 Å². The van der Waals surface area contributed by atoms with Crippen LogP contribution in [0, 0.1) is 6.92 Å². The van der Waals surface area contributed by atoms with Gasteiger partial charge in [-0.1, -0.05) is 11.2 Å². The Labute approximate surface area is 105 Å². The van der Waals surface area contributed by atoms with Crippen LogP contribution in [-0.4, -0.2) is 23.3 Å². The van der Waals surface area contributed by atoms with E-state index in [0.29, 0.717) is 17.9 Å². The molecule has 1 heterocycles. The highest BCUT2D eigenvalue weighted by atomic mass is 16.5. The molecule has 0 spiro atoms. The number of anilines is 1. The Balaban J connectivity index is 1.90. The number of nitrogens with zero attached hydrogens (tertiary/aromatic N) is 2. The molecule has 1 aliphatic carbocycles. The van der Waals surface area contributed by atoms with Gasteiger partial charge in [0.25, 0.3) is 0 Å². The molecule has 1 N–H and O–H groups in total. The number of aryl methyl sites for hydroxylation is 1. The molecule has 0 radical (unpaired) electrons. The average Bonchev–Trinajstić information content (AvgIpc) is 3.06. The first-order valence-corrected chi connectivity index (χ1v) is 6.01. The molecule has 5 heteroatoms. The van der Waals surface area contributed by atoms with Gasteiger partial charge in [-0.25, -0.2) is 0 Å². The molecular formula is C13H15N3O2. The molecule has 5 nitrogen and oxygen atoms in total. The average molecular weight is 245 g/mol. The summed E-state index contributed by atoms with van der Waals surface area (Å²) in [5, 5.41) is 7.15. The van der Waals surface area contributed by atoms with E-state index in [4.69, 9.17) is 9.26 Å². The van der Waals surface area contributed by atoms with Gasteiger partial charge in [0.05, 0.1) is 12.7 Å². The standard InChI is InChI=1S/C13H15N3O2/c1-8-3-6-10(11(7-8)17-2)12-15-13(18-16-12)14-9-4-5-9/h3,6-7,9H,4-5H2,1-2H3,(H,14,15,16). The minimum atomic E-state index is 0.482. The molecule has 18 heavy (non-hydrogen) atoms. The van der Waals surface area contributed by atoms with Crippen LogP contribution >= 0.6 is 0 Å². The lowest BCUT2D eigenvalue weighted by Gasteiger charge is -2.05. The van der Waals surface area contributed by atoms with E-state index in [2.05, 4.69) is 15.5 Å². The monoisotopic (exact) mass is 245 g/mol. The lowest BCUT2D eigenvalue weighted by Crippen LogP contribution is -2.00. The number of aromatic nitrogens is 2. The van der Waals surface area contributed by atoms with Crippen LogP contribution < -0.4 is 10.1 Å². The molecule has 0 unspecified atom stereocenters. The molecule has 0 amide bonds. The van der Waals surface area contributed by atoms with Crippen molar-refractivity contribution in [3.05, 3.63) is 23.8 Å². The second-order valence-corrected chi connectivity index (χ2v) is 4.55. The summed E-state index contributed by atoms with van der Waals surface area (Å²) in [6, 6.07) is 6.88. The Morgan fingerprint density at radius 1 is 1.39 bits per heavy atom. The Hall–Kier alpha value is -2.04. The van der Waals surface area contributed by atoms with E-state index in [1.807, 2.05) is 25.1 Å². The predicted octanol–water partition coefficient (Wildman–Crippen LogP) is 2.63. The fraction of sp³-hybridized carbons (Fsp3) is 0.385. The van der Waals surface area contributed by atoms with Gasteiger partial charge in [-0.2, -0.15) is 4.98 Å². The van der Waals surface area contributed by atoms with E-state index in [1.165, 1.54) is 12.8 Å². The second kappa shape index (κ2) is 4.33. The SMILES string of the molecule is COc1cc(C)ccc1-c1noc(NC2CC2)n1. The summed E-state index contributed by atoms with van der Waals surface area (Å²) in [6.07, 6.45) is 2.34. The second-order valence-electron chi connectivity index (χ2n) is 4.55. The lowest BCUT2D eigenvalue weighted by molar-refractivity contribution is 0.413. The maximum Gasteiger partial charge on any atom is 0.322 e. The first-order valence-electron chi connectivity index (χ1n) is 6.01. The molecule has 0 saturated heterocycles. The zero-order valence-corrected chi connectivity index (χ0v) is 10.4. The van der Waals surface area contributed by atoms with Crippen LogP contribution in [0.2, 0.25) is 0 Å². The summed E-state index contributed by atoms with van der Waals surface area (Å²) in [5.74, 6) is 1.31. The van der Waals surface area contributed by atoms with Crippen molar-refractivity contribution in [3.8, 4) is 17.1 Å². The summed E-state index contributed by atoms with van der Waals surface area (Å²) in [5.41, 5.74) is 1.98. The van der Waals surface area contributed by atoms with E-state index in [0.717, 1.165) is 16.9 Å². The molecule has 0 atom stereocenters. The largest absolute Gasteiger partial charge is 0.496 e. The molecule has 1 aliphatic rings. The van der Waals surface area contributed by atoms with Gasteiger partial charge in [-0.05, 0) is 37.5 Å². The number of hydrogen-bond donors (Lipinski definition) is 1. The zero-order valence-electron chi connectivity index (χ0n) is 10.4. The maximum absolute atomic E-state index is 5.34. The van der Waals surface area contributed by atoms with Crippen molar-refractivity contribution in [2.24, 2.45) is 0 Å². The van der Waals surface area contributed by atoms with Crippen molar-refractivity contribution < 1.29 is 9.26 Å². The van der Waals surface area contributed by atoms with Crippen molar-refractivity contribution in [1.29, 1.82) is 0 Å². The molecule has 1 aromatic heterocycles. The predicted molar refractivity (Wildman–Crippen MR) is 67.7 cm³/mol. The van der Waals surface area contributed by atoms with Gasteiger partial charge in [0.15, 0.2) is 0 Å². The van der Waals surface area contributed by atoms with E-state index >= 15 is 0 Å². The van der Waals surface area contributed by atoms with Crippen LogP contribution in [0.15, 0.2) is 22.7 Å². The highest BCUT2D eigenvalue weighted by molar-refractivity contribution is 5.65. The smallest absolute Gasteiger partial charge is 0.322 e. The van der Waals surface area contributed by atoms with Crippen molar-refractivity contribution in [2.75, 3.05) is 12.4 Å². The van der Waals surface area contributed by atoms with Gasteiger partial charge in [-0.3, -0.25) is 0 Å². The fourth-order valence-corrected chi connectivity index (χ4v) is 1.78. The third kappa shape index (κ3) is 2.16. The summed E-state index contributed by atoms with van der Waals surface area (Å²) in [4.78, 5) is 4.33. The third-order valence-electron chi connectivity index (χ3n) is 2.93. The molecule has 1 saturated carbocycles. The number of methoxy groups -OCH3 is 1. The first-order chi connectivity index (χ1) is 8.76. The number of nitrogens with one attached hydrogen (secondary N) is 1. The highest BCUT2D eigenvalue weighted by Crippen LogP contribution is 2.30. The molecule has 1 aromatic carbocycles. The van der Waals surface area contributed by atoms with Gasteiger partial charge < -0.3 is 14.6 Å². The molecule has 3 rings (SSSR count). The van der Waals surface area contributed by atoms with Crippen LogP contribution in [0.3, 0.4) is 0 Å². The van der Waals surface area contributed by atoms with Crippen LogP contribution in [-0.2, 0) is 0 Å². The quantitative estimate of drug-likeness (QED) is 0.897. The minimum Gasteiger partial charge on any atom is -0.496 e. The zero-order chi connectivity index (χ0) is 12.5. The summed E-state index contributed by atoms with van der Waals surface area (Å²) in [7, 11) is 1.64. The number of benzene rings is 1. The van der Waals surface area contributed by atoms with Crippen molar-refractivity contribution in [1.82, 2.24) is 10.1 Å². The summed E-state index contributed by atoms with van der Waals surface area (Å²) in [6.45, 7) is 2.02. The molecule has 0 aliphatic heterocycles. The molecule has 0 bridgehead atoms. The van der Waals surface area contributed by atoms with Crippen LogP contribution in [0.1, 0.15) is 18.4 Å². The summed E-state index contributed by atoms with van der Waals surface area (Å²) < 4.78 is 10.5. The van der Waals surface area contributed by atoms with Gasteiger partial charge in [0.2, 0.25) is 5.82 Å². The van der Waals surface area contributed by atoms with Crippen molar-refractivity contribution >= 4 is 6.01 Å². The number of rotatable bonds is 4. The van der Waals surface area contributed by atoms with Gasteiger partial charge in [0, 0.05) is 6.04 Å². The van der Waals surface area contributed by atoms with E-state index < -0.39 is 0 Å². The molecule has 94 valence electrons. The van der Waals surface area contributed by atoms with E-state index in [1.54, 1.807) is 7.11 Å². The number of ether oxygens (including phenoxy) is 1. The molecular weight excluding hydrogens is 230 g/mol. The number of hydrogen-bond acceptors (Lipinski definition) is 5. The Bertz CT molecular complexity index is 561. The highest BCUT2D eigenvalue weighted by Gasteiger charge is 2.23. The lowest BCUT2D eigenvalue weighted by atomic mass is 10.1. The normalized spacial score (nSPS) is 14.6. The minimum absolute atomic E-state index is 0.482.